The molecule has 0 aromatic rings. The highest BCUT2D eigenvalue weighted by Crippen LogP contribution is 1.98. The Morgan fingerprint density at radius 3 is 1.18 bits per heavy atom. The Balaban J connectivity index is 3.44. The van der Waals surface area contributed by atoms with Crippen molar-refractivity contribution in [3.05, 3.63) is 0 Å². The summed E-state index contributed by atoms with van der Waals surface area (Å²) in [5.41, 5.74) is 0.487. The van der Waals surface area contributed by atoms with E-state index >= 15 is 0 Å². The van der Waals surface area contributed by atoms with Crippen LogP contribution in [0.25, 0.3) is 0 Å². The average Bonchev–Trinajstić information content (AvgIpc) is 1.55. The molecular formula is C8H20AlN2. The lowest BCUT2D eigenvalue weighted by atomic mass is 10.1. The molecule has 3 heteroatoms. The first-order valence-corrected chi connectivity index (χ1v) is 5.23. The van der Waals surface area contributed by atoms with Gasteiger partial charge in [0.15, 0.2) is 0 Å². The zero-order valence-electron chi connectivity index (χ0n) is 8.58. The molecule has 0 aromatic carbocycles. The van der Waals surface area contributed by atoms with Gasteiger partial charge in [-0.3, -0.25) is 0 Å². The maximum absolute atomic E-state index is 3.45. The molecule has 0 aliphatic rings. The molecule has 0 aliphatic carbocycles. The first-order valence-electron chi connectivity index (χ1n) is 4.08. The Kier molecular flexibility index (Phi) is 4.07. The van der Waals surface area contributed by atoms with Crippen LogP contribution >= 0.6 is 0 Å². The smallest absolute Gasteiger partial charge is 0.387 e. The van der Waals surface area contributed by atoms with Crippen molar-refractivity contribution in [2.24, 2.45) is 0 Å². The summed E-state index contributed by atoms with van der Waals surface area (Å²) in [6, 6.07) is 0. The molecule has 0 aromatic heterocycles. The highest BCUT2D eigenvalue weighted by atomic mass is 27.1. The Hall–Kier alpha value is 0.452. The maximum Gasteiger partial charge on any atom is 0.449 e. The summed E-state index contributed by atoms with van der Waals surface area (Å²) in [5.74, 6) is 0. The van der Waals surface area contributed by atoms with Gasteiger partial charge in [0.25, 0.3) is 0 Å². The highest BCUT2D eigenvalue weighted by Gasteiger charge is 2.13. The van der Waals surface area contributed by atoms with Crippen molar-refractivity contribution in [2.75, 3.05) is 0 Å². The van der Waals surface area contributed by atoms with Crippen molar-refractivity contribution >= 4 is 15.7 Å². The molecule has 1 radical (unpaired) electrons. The van der Waals surface area contributed by atoms with Crippen LogP contribution < -0.4 is 8.60 Å². The van der Waals surface area contributed by atoms with E-state index in [9.17, 15) is 0 Å². The number of hydrogen-bond acceptors (Lipinski definition) is 2. The van der Waals surface area contributed by atoms with Crippen LogP contribution in [0.1, 0.15) is 41.5 Å². The minimum atomic E-state index is 0.169. The largest absolute Gasteiger partial charge is 0.449 e. The minimum Gasteiger partial charge on any atom is -0.387 e. The summed E-state index contributed by atoms with van der Waals surface area (Å²) in [4.78, 5) is 0. The van der Waals surface area contributed by atoms with Gasteiger partial charge in [0.05, 0.1) is 0 Å². The molecule has 0 heterocycles. The van der Waals surface area contributed by atoms with Gasteiger partial charge >= 0.3 is 15.7 Å². The van der Waals surface area contributed by atoms with Gasteiger partial charge in [-0.2, -0.15) is 0 Å². The molecular weight excluding hydrogens is 151 g/mol. The fraction of sp³-hybridized carbons (Fsp3) is 1.00. The molecule has 0 saturated carbocycles. The fourth-order valence-electron chi connectivity index (χ4n) is 0.469. The molecule has 2 nitrogen and oxygen atoms in total. The van der Waals surface area contributed by atoms with E-state index in [2.05, 4.69) is 50.1 Å². The molecule has 11 heavy (non-hydrogen) atoms. The summed E-state index contributed by atoms with van der Waals surface area (Å²) in [5, 5.41) is 0. The van der Waals surface area contributed by atoms with E-state index in [0.29, 0.717) is 0 Å². The standard InChI is InChI=1S/2C4H10N.Al/c2*1-4(2,3)5;/h2*5H,1-3H3;/q2*-1;+2. The molecule has 0 amide bonds. The average molecular weight is 171 g/mol. The van der Waals surface area contributed by atoms with Crippen LogP contribution in [0.4, 0.5) is 0 Å². The Bertz CT molecular complexity index is 96.2. The molecule has 0 saturated heterocycles. The lowest BCUT2D eigenvalue weighted by Crippen LogP contribution is -2.50. The second-order valence-corrected chi connectivity index (χ2v) is 5.80. The van der Waals surface area contributed by atoms with E-state index < -0.39 is 0 Å². The Morgan fingerprint density at radius 1 is 0.727 bits per heavy atom. The van der Waals surface area contributed by atoms with Gasteiger partial charge < -0.3 is 8.60 Å². The van der Waals surface area contributed by atoms with E-state index in [1.54, 1.807) is 0 Å². The summed E-state index contributed by atoms with van der Waals surface area (Å²) in [7, 11) is 0. The van der Waals surface area contributed by atoms with E-state index in [-0.39, 0.29) is 26.7 Å². The third kappa shape index (κ3) is 10.5. The van der Waals surface area contributed by atoms with E-state index in [0.717, 1.165) is 0 Å². The quantitative estimate of drug-likeness (QED) is 0.612. The monoisotopic (exact) mass is 171 g/mol. The maximum atomic E-state index is 3.45. The summed E-state index contributed by atoms with van der Waals surface area (Å²) in [6.07, 6.45) is 0. The molecule has 0 spiro atoms. The summed E-state index contributed by atoms with van der Waals surface area (Å²) >= 11 is 0.169. The molecule has 0 aliphatic heterocycles. The molecule has 0 unspecified atom stereocenters. The van der Waals surface area contributed by atoms with Crippen LogP contribution in [-0.4, -0.2) is 26.7 Å². The second-order valence-electron chi connectivity index (χ2n) is 4.93. The van der Waals surface area contributed by atoms with Gasteiger partial charge in [0.1, 0.15) is 0 Å². The molecule has 0 atom stereocenters. The lowest BCUT2D eigenvalue weighted by molar-refractivity contribution is 0.485. The topological polar surface area (TPSA) is 24.1 Å². The number of rotatable bonds is 2. The predicted molar refractivity (Wildman–Crippen MR) is 51.5 cm³/mol. The van der Waals surface area contributed by atoms with Gasteiger partial charge in [0, 0.05) is 0 Å². The van der Waals surface area contributed by atoms with Gasteiger partial charge in [-0.05, 0) is 52.6 Å². The van der Waals surface area contributed by atoms with Crippen LogP contribution in [-0.2, 0) is 0 Å². The molecule has 0 fully saturated rings. The van der Waals surface area contributed by atoms with Crippen molar-refractivity contribution in [1.29, 1.82) is 0 Å². The SMILES string of the molecule is CC(C)(C)[NH][Al][NH]C(C)(C)C. The molecule has 0 bridgehead atoms. The zero-order chi connectivity index (χ0) is 9.12. The number of nitrogens with one attached hydrogen (secondary N) is 2. The van der Waals surface area contributed by atoms with E-state index in [1.807, 2.05) is 0 Å². The lowest BCUT2D eigenvalue weighted by Gasteiger charge is -2.25. The first kappa shape index (κ1) is 11.5. The fourth-order valence-corrected chi connectivity index (χ4v) is 1.41. The molecule has 2 N–H and O–H groups in total. The number of hydrogen-bond donors (Lipinski definition) is 2. The van der Waals surface area contributed by atoms with Gasteiger partial charge in [0.2, 0.25) is 0 Å². The zero-order valence-corrected chi connectivity index (χ0v) is 9.73. The van der Waals surface area contributed by atoms with Crippen molar-refractivity contribution in [1.82, 2.24) is 8.60 Å². The summed E-state index contributed by atoms with van der Waals surface area (Å²) < 4.78 is 6.90. The van der Waals surface area contributed by atoms with Crippen LogP contribution in [0, 0.1) is 0 Å². The normalized spacial score (nSPS) is 13.3. The van der Waals surface area contributed by atoms with Crippen LogP contribution in [0.5, 0.6) is 0 Å². The third-order valence-corrected chi connectivity index (χ3v) is 3.03. The first-order chi connectivity index (χ1) is 4.71. The van der Waals surface area contributed by atoms with E-state index in [1.165, 1.54) is 0 Å². The van der Waals surface area contributed by atoms with E-state index in [4.69, 9.17) is 0 Å². The van der Waals surface area contributed by atoms with Crippen LogP contribution in [0.2, 0.25) is 0 Å². The minimum absolute atomic E-state index is 0.169. The van der Waals surface area contributed by atoms with Crippen LogP contribution in [0.15, 0.2) is 0 Å². The van der Waals surface area contributed by atoms with Crippen molar-refractivity contribution in [2.45, 2.75) is 52.6 Å². The van der Waals surface area contributed by atoms with Gasteiger partial charge in [-0.25, -0.2) is 0 Å². The molecule has 0 rings (SSSR count). The highest BCUT2D eigenvalue weighted by molar-refractivity contribution is 6.29. The van der Waals surface area contributed by atoms with Gasteiger partial charge in [-0.15, -0.1) is 0 Å². The summed E-state index contributed by atoms with van der Waals surface area (Å²) in [6.45, 7) is 13.1. The predicted octanol–water partition coefficient (Wildman–Crippen LogP) is 1.30. The van der Waals surface area contributed by atoms with Crippen LogP contribution in [0.3, 0.4) is 0 Å². The second kappa shape index (κ2) is 3.91. The molecule has 65 valence electrons. The van der Waals surface area contributed by atoms with Crippen molar-refractivity contribution in [3.8, 4) is 0 Å². The Labute approximate surface area is 77.3 Å². The Morgan fingerprint density at radius 2 is 1.00 bits per heavy atom. The van der Waals surface area contributed by atoms with Crippen molar-refractivity contribution < 1.29 is 0 Å². The van der Waals surface area contributed by atoms with Crippen molar-refractivity contribution in [3.63, 3.8) is 0 Å². The van der Waals surface area contributed by atoms with Gasteiger partial charge in [-0.1, -0.05) is 0 Å². The third-order valence-electron chi connectivity index (χ3n) is 1.01.